The van der Waals surface area contributed by atoms with Gasteiger partial charge in [0.2, 0.25) is 0 Å². The summed E-state index contributed by atoms with van der Waals surface area (Å²) in [7, 11) is 2.17. The number of benzene rings is 1. The van der Waals surface area contributed by atoms with Crippen molar-refractivity contribution in [3.8, 4) is 0 Å². The molecule has 2 fully saturated rings. The van der Waals surface area contributed by atoms with Gasteiger partial charge in [-0.3, -0.25) is 9.59 Å². The lowest BCUT2D eigenvalue weighted by atomic mass is 9.95. The Kier molecular flexibility index (Phi) is 7.71. The van der Waals surface area contributed by atoms with Gasteiger partial charge in [-0.15, -0.1) is 0 Å². The van der Waals surface area contributed by atoms with Crippen molar-refractivity contribution in [2.75, 3.05) is 44.7 Å². The van der Waals surface area contributed by atoms with E-state index in [1.807, 2.05) is 0 Å². The highest BCUT2D eigenvalue weighted by Crippen LogP contribution is 2.18. The lowest BCUT2D eigenvalue weighted by Crippen LogP contribution is -2.45. The fraction of sp³-hybridized carbons (Fsp3) is 0.636. The third-order valence-electron chi connectivity index (χ3n) is 5.88. The first-order valence-corrected chi connectivity index (χ1v) is 10.7. The molecule has 3 rings (SSSR count). The molecule has 0 atom stereocenters. The number of carbonyl (C=O) groups is 2. The molecule has 0 aromatic heterocycles. The van der Waals surface area contributed by atoms with Crippen LogP contribution in [-0.2, 0) is 16.0 Å². The molecule has 0 spiro atoms. The molecule has 0 radical (unpaired) electrons. The zero-order valence-corrected chi connectivity index (χ0v) is 17.1. The summed E-state index contributed by atoms with van der Waals surface area (Å²) in [6.45, 7) is 4.89. The third-order valence-corrected chi connectivity index (χ3v) is 5.88. The van der Waals surface area contributed by atoms with E-state index in [4.69, 9.17) is 0 Å². The van der Waals surface area contributed by atoms with Crippen LogP contribution in [0.25, 0.3) is 0 Å². The zero-order valence-electron chi connectivity index (χ0n) is 17.1. The van der Waals surface area contributed by atoms with Gasteiger partial charge in [-0.05, 0) is 50.4 Å². The number of carbonyl (C=O) groups excluding carboxylic acids is 2. The lowest BCUT2D eigenvalue weighted by Gasteiger charge is -2.34. The highest BCUT2D eigenvalue weighted by atomic mass is 16.2. The average Bonchev–Trinajstić information content (AvgIpc) is 2.73. The Balaban J connectivity index is 1.33. The SMILES string of the molecule is CN1CCN(c2ccc(CCCNC(=O)C(=O)NC3CCCCC3)cc2)CC1. The number of nitrogens with zero attached hydrogens (tertiary/aromatic N) is 2. The van der Waals surface area contributed by atoms with Gasteiger partial charge in [0.05, 0.1) is 0 Å². The molecule has 2 amide bonds. The molecule has 6 nitrogen and oxygen atoms in total. The van der Waals surface area contributed by atoms with Crippen LogP contribution < -0.4 is 15.5 Å². The second-order valence-corrected chi connectivity index (χ2v) is 8.12. The Morgan fingerprint density at radius 2 is 1.64 bits per heavy atom. The molecule has 2 N–H and O–H groups in total. The van der Waals surface area contributed by atoms with E-state index in [1.54, 1.807) is 0 Å². The van der Waals surface area contributed by atoms with Gasteiger partial charge in [0.15, 0.2) is 0 Å². The average molecular weight is 387 g/mol. The Labute approximate surface area is 168 Å². The molecule has 0 bridgehead atoms. The maximum absolute atomic E-state index is 12.0. The highest BCUT2D eigenvalue weighted by Gasteiger charge is 2.20. The number of amides is 2. The third kappa shape index (κ3) is 6.23. The number of likely N-dealkylation sites (N-methyl/N-ethyl adjacent to an activating group) is 1. The van der Waals surface area contributed by atoms with E-state index in [9.17, 15) is 9.59 Å². The van der Waals surface area contributed by atoms with Crippen molar-refractivity contribution in [3.63, 3.8) is 0 Å². The first-order valence-electron chi connectivity index (χ1n) is 10.7. The number of aryl methyl sites for hydroxylation is 1. The van der Waals surface area contributed by atoms with Gasteiger partial charge in [0.1, 0.15) is 0 Å². The maximum Gasteiger partial charge on any atom is 0.309 e. The van der Waals surface area contributed by atoms with Crippen LogP contribution >= 0.6 is 0 Å². The van der Waals surface area contributed by atoms with E-state index in [-0.39, 0.29) is 6.04 Å². The standard InChI is InChI=1S/C22H34N4O2/c1-25-14-16-26(17-15-25)20-11-9-18(10-12-20)6-5-13-23-21(27)22(28)24-19-7-3-2-4-8-19/h9-12,19H,2-8,13-17H2,1H3,(H,23,27)(H,24,28). The Morgan fingerprint density at radius 3 is 2.32 bits per heavy atom. The topological polar surface area (TPSA) is 64.7 Å². The van der Waals surface area contributed by atoms with Gasteiger partial charge in [-0.2, -0.15) is 0 Å². The van der Waals surface area contributed by atoms with Crippen LogP contribution in [0.2, 0.25) is 0 Å². The van der Waals surface area contributed by atoms with Gasteiger partial charge in [0.25, 0.3) is 0 Å². The van der Waals surface area contributed by atoms with E-state index < -0.39 is 11.8 Å². The van der Waals surface area contributed by atoms with Crippen molar-refractivity contribution < 1.29 is 9.59 Å². The van der Waals surface area contributed by atoms with E-state index in [1.165, 1.54) is 17.7 Å². The van der Waals surface area contributed by atoms with Gasteiger partial charge in [-0.25, -0.2) is 0 Å². The fourth-order valence-electron chi connectivity index (χ4n) is 4.01. The molecular weight excluding hydrogens is 352 g/mol. The van der Waals surface area contributed by atoms with E-state index >= 15 is 0 Å². The number of hydrogen-bond acceptors (Lipinski definition) is 4. The summed E-state index contributed by atoms with van der Waals surface area (Å²) in [5.74, 6) is -0.987. The fourth-order valence-corrected chi connectivity index (χ4v) is 4.01. The molecule has 1 aliphatic heterocycles. The van der Waals surface area contributed by atoms with Crippen molar-refractivity contribution >= 4 is 17.5 Å². The van der Waals surface area contributed by atoms with Crippen molar-refractivity contribution in [1.29, 1.82) is 0 Å². The summed E-state index contributed by atoms with van der Waals surface area (Å²) in [4.78, 5) is 28.7. The molecule has 28 heavy (non-hydrogen) atoms. The monoisotopic (exact) mass is 386 g/mol. The molecule has 1 aliphatic carbocycles. The van der Waals surface area contributed by atoms with E-state index in [2.05, 4.69) is 51.7 Å². The van der Waals surface area contributed by atoms with Gasteiger partial charge in [-0.1, -0.05) is 31.4 Å². The van der Waals surface area contributed by atoms with Crippen LogP contribution in [0.4, 0.5) is 5.69 Å². The normalized spacial score (nSPS) is 18.7. The van der Waals surface area contributed by atoms with Crippen LogP contribution in [0, 0.1) is 0 Å². The number of hydrogen-bond donors (Lipinski definition) is 2. The summed E-state index contributed by atoms with van der Waals surface area (Å²) in [6.07, 6.45) is 7.21. The number of nitrogens with one attached hydrogen (secondary N) is 2. The molecular formula is C22H34N4O2. The Morgan fingerprint density at radius 1 is 0.964 bits per heavy atom. The second kappa shape index (κ2) is 10.5. The molecule has 6 heteroatoms. The Hall–Kier alpha value is -2.08. The predicted octanol–water partition coefficient (Wildman–Crippen LogP) is 1.94. The quantitative estimate of drug-likeness (QED) is 0.579. The second-order valence-electron chi connectivity index (χ2n) is 8.12. The molecule has 154 valence electrons. The highest BCUT2D eigenvalue weighted by molar-refractivity contribution is 6.35. The molecule has 1 aromatic rings. The molecule has 1 heterocycles. The number of anilines is 1. The van der Waals surface area contributed by atoms with Crippen LogP contribution in [0.15, 0.2) is 24.3 Å². The first kappa shape index (κ1) is 20.6. The van der Waals surface area contributed by atoms with Crippen LogP contribution in [0.3, 0.4) is 0 Å². The molecule has 2 aliphatic rings. The molecule has 1 aromatic carbocycles. The minimum Gasteiger partial charge on any atom is -0.369 e. The van der Waals surface area contributed by atoms with Crippen LogP contribution in [0.1, 0.15) is 44.1 Å². The van der Waals surface area contributed by atoms with E-state index in [0.717, 1.165) is 64.7 Å². The maximum atomic E-state index is 12.0. The molecule has 1 saturated heterocycles. The van der Waals surface area contributed by atoms with E-state index in [0.29, 0.717) is 6.54 Å². The first-order chi connectivity index (χ1) is 13.6. The lowest BCUT2D eigenvalue weighted by molar-refractivity contribution is -0.139. The summed E-state index contributed by atoms with van der Waals surface area (Å²) in [6, 6.07) is 8.90. The van der Waals surface area contributed by atoms with Crippen molar-refractivity contribution in [2.24, 2.45) is 0 Å². The van der Waals surface area contributed by atoms with Crippen LogP contribution in [0.5, 0.6) is 0 Å². The smallest absolute Gasteiger partial charge is 0.309 e. The van der Waals surface area contributed by atoms with Gasteiger partial charge < -0.3 is 20.4 Å². The largest absolute Gasteiger partial charge is 0.369 e. The summed E-state index contributed by atoms with van der Waals surface area (Å²) >= 11 is 0. The Bertz CT molecular complexity index is 632. The summed E-state index contributed by atoms with van der Waals surface area (Å²) in [5.41, 5.74) is 2.54. The summed E-state index contributed by atoms with van der Waals surface area (Å²) < 4.78 is 0. The van der Waals surface area contributed by atoms with Gasteiger partial charge in [0, 0.05) is 44.5 Å². The molecule has 1 saturated carbocycles. The van der Waals surface area contributed by atoms with Crippen molar-refractivity contribution in [3.05, 3.63) is 29.8 Å². The number of rotatable bonds is 6. The van der Waals surface area contributed by atoms with Crippen molar-refractivity contribution in [2.45, 2.75) is 51.0 Å². The minimum absolute atomic E-state index is 0.172. The van der Waals surface area contributed by atoms with Crippen LogP contribution in [-0.4, -0.2) is 62.5 Å². The van der Waals surface area contributed by atoms with Gasteiger partial charge >= 0.3 is 11.8 Å². The predicted molar refractivity (Wildman–Crippen MR) is 112 cm³/mol. The zero-order chi connectivity index (χ0) is 19.8. The molecule has 0 unspecified atom stereocenters. The minimum atomic E-state index is -0.504. The summed E-state index contributed by atoms with van der Waals surface area (Å²) in [5, 5.41) is 5.60. The van der Waals surface area contributed by atoms with Crippen molar-refractivity contribution in [1.82, 2.24) is 15.5 Å². The number of piperazine rings is 1.